The number of hydrogen-bond acceptors (Lipinski definition) is 3. The summed E-state index contributed by atoms with van der Waals surface area (Å²) in [7, 11) is -0.398. The first kappa shape index (κ1) is 21.2. The Bertz CT molecular complexity index is 1500. The first-order valence-corrected chi connectivity index (χ1v) is 11.8. The number of fused-ring (bicyclic) bond motifs is 3. The van der Waals surface area contributed by atoms with Crippen molar-refractivity contribution in [1.29, 1.82) is 0 Å². The third kappa shape index (κ3) is 3.29. The van der Waals surface area contributed by atoms with Crippen molar-refractivity contribution >= 4 is 34.5 Å². The summed E-state index contributed by atoms with van der Waals surface area (Å²) in [6, 6.07) is 31.5. The molecule has 0 atom stereocenters. The van der Waals surface area contributed by atoms with E-state index in [1.54, 1.807) is 0 Å². The first-order valence-electron chi connectivity index (χ1n) is 11.8. The first-order chi connectivity index (χ1) is 16.3. The zero-order chi connectivity index (χ0) is 23.5. The fraction of sp³-hybridized carbons (Fsp3) is 0.200. The molecule has 1 aliphatic rings. The van der Waals surface area contributed by atoms with Crippen molar-refractivity contribution in [1.82, 2.24) is 0 Å². The van der Waals surface area contributed by atoms with E-state index in [1.165, 1.54) is 0 Å². The molecule has 0 saturated carbocycles. The van der Waals surface area contributed by atoms with Crippen molar-refractivity contribution in [2.24, 2.45) is 0 Å². The molecule has 1 saturated heterocycles. The maximum absolute atomic E-state index is 6.35. The molecule has 1 fully saturated rings. The fourth-order valence-electron chi connectivity index (χ4n) is 4.74. The maximum Gasteiger partial charge on any atom is 0.495 e. The zero-order valence-electron chi connectivity index (χ0n) is 20.0. The molecule has 5 aromatic rings. The van der Waals surface area contributed by atoms with Crippen LogP contribution in [0.25, 0.3) is 44.2 Å². The number of furan rings is 1. The third-order valence-electron chi connectivity index (χ3n) is 7.38. The van der Waals surface area contributed by atoms with E-state index in [1.807, 2.05) is 18.2 Å². The SMILES string of the molecule is CC1(C)OB(c2ccccc2-c2ccc(-c3cccc4c3oc3ccccc34)cc2)OC1(C)C. The lowest BCUT2D eigenvalue weighted by Crippen LogP contribution is -2.41. The lowest BCUT2D eigenvalue weighted by molar-refractivity contribution is 0.00578. The number of para-hydroxylation sites is 2. The average Bonchev–Trinajstić information content (AvgIpc) is 3.32. The van der Waals surface area contributed by atoms with Crippen LogP contribution < -0.4 is 5.46 Å². The van der Waals surface area contributed by atoms with Gasteiger partial charge in [-0.3, -0.25) is 0 Å². The summed E-state index contributed by atoms with van der Waals surface area (Å²) in [6.45, 7) is 8.35. The molecule has 34 heavy (non-hydrogen) atoms. The van der Waals surface area contributed by atoms with Gasteiger partial charge in [-0.1, -0.05) is 84.9 Å². The van der Waals surface area contributed by atoms with Crippen LogP contribution >= 0.6 is 0 Å². The van der Waals surface area contributed by atoms with Crippen molar-refractivity contribution in [3.63, 3.8) is 0 Å². The molecule has 1 aliphatic heterocycles. The summed E-state index contributed by atoms with van der Waals surface area (Å²) in [6.07, 6.45) is 0. The number of hydrogen-bond donors (Lipinski definition) is 0. The Morgan fingerprint density at radius 2 is 1.12 bits per heavy atom. The topological polar surface area (TPSA) is 31.6 Å². The highest BCUT2D eigenvalue weighted by Gasteiger charge is 2.52. The molecule has 0 amide bonds. The van der Waals surface area contributed by atoms with Crippen LogP contribution in [-0.4, -0.2) is 18.3 Å². The predicted octanol–water partition coefficient (Wildman–Crippen LogP) is 7.22. The van der Waals surface area contributed by atoms with Gasteiger partial charge in [0.1, 0.15) is 11.2 Å². The molecule has 4 aromatic carbocycles. The minimum absolute atomic E-state index is 0.375. The Kier molecular flexibility index (Phi) is 4.74. The van der Waals surface area contributed by atoms with Gasteiger partial charge in [0.2, 0.25) is 0 Å². The van der Waals surface area contributed by atoms with E-state index in [-0.39, 0.29) is 11.2 Å². The standard InChI is InChI=1S/C30H27BO3/c1-29(2)30(3,4)34-31(33-29)26-14-7-5-10-22(26)20-16-18-21(19-17-20)23-12-9-13-25-24-11-6-8-15-27(24)32-28(23)25/h5-19H,1-4H3. The Labute approximate surface area is 200 Å². The van der Waals surface area contributed by atoms with Gasteiger partial charge in [0.15, 0.2) is 0 Å². The lowest BCUT2D eigenvalue weighted by Gasteiger charge is -2.32. The molecule has 0 N–H and O–H groups in total. The van der Waals surface area contributed by atoms with Crippen molar-refractivity contribution < 1.29 is 13.7 Å². The Balaban J connectivity index is 1.39. The monoisotopic (exact) mass is 446 g/mol. The van der Waals surface area contributed by atoms with E-state index in [0.717, 1.165) is 49.7 Å². The molecule has 0 bridgehead atoms. The summed E-state index contributed by atoms with van der Waals surface area (Å²) >= 11 is 0. The molecule has 0 aliphatic carbocycles. The van der Waals surface area contributed by atoms with Gasteiger partial charge < -0.3 is 13.7 Å². The second-order valence-corrected chi connectivity index (χ2v) is 10.0. The minimum Gasteiger partial charge on any atom is -0.455 e. The van der Waals surface area contributed by atoms with Gasteiger partial charge >= 0.3 is 7.12 Å². The van der Waals surface area contributed by atoms with Crippen molar-refractivity contribution in [2.45, 2.75) is 38.9 Å². The summed E-state index contributed by atoms with van der Waals surface area (Å²) in [5.74, 6) is 0. The molecular weight excluding hydrogens is 419 g/mol. The second kappa shape index (κ2) is 7.59. The van der Waals surface area contributed by atoms with Gasteiger partial charge in [0.25, 0.3) is 0 Å². The molecule has 3 nitrogen and oxygen atoms in total. The quantitative estimate of drug-likeness (QED) is 0.274. The summed E-state index contributed by atoms with van der Waals surface area (Å²) in [5, 5.41) is 2.29. The second-order valence-electron chi connectivity index (χ2n) is 10.0. The largest absolute Gasteiger partial charge is 0.495 e. The van der Waals surface area contributed by atoms with Gasteiger partial charge in [-0.2, -0.15) is 0 Å². The van der Waals surface area contributed by atoms with E-state index in [9.17, 15) is 0 Å². The van der Waals surface area contributed by atoms with Crippen molar-refractivity contribution in [3.05, 3.63) is 91.0 Å². The molecule has 168 valence electrons. The molecule has 6 rings (SSSR count). The number of benzene rings is 4. The Hall–Kier alpha value is -3.34. The van der Waals surface area contributed by atoms with Crippen LogP contribution in [0.1, 0.15) is 27.7 Å². The zero-order valence-corrected chi connectivity index (χ0v) is 20.0. The van der Waals surface area contributed by atoms with Crippen LogP contribution in [-0.2, 0) is 9.31 Å². The summed E-state index contributed by atoms with van der Waals surface area (Å²) < 4.78 is 18.9. The molecule has 0 spiro atoms. The van der Waals surface area contributed by atoms with Crippen LogP contribution in [0.2, 0.25) is 0 Å². The summed E-state index contributed by atoms with van der Waals surface area (Å²) in [4.78, 5) is 0. The van der Waals surface area contributed by atoms with E-state index in [4.69, 9.17) is 13.7 Å². The molecule has 0 unspecified atom stereocenters. The highest BCUT2D eigenvalue weighted by Crippen LogP contribution is 2.38. The molecular formula is C30H27BO3. The van der Waals surface area contributed by atoms with Crippen molar-refractivity contribution in [2.75, 3.05) is 0 Å². The van der Waals surface area contributed by atoms with Gasteiger partial charge in [-0.05, 0) is 55.9 Å². The predicted molar refractivity (Wildman–Crippen MR) is 140 cm³/mol. The minimum atomic E-state index is -0.398. The highest BCUT2D eigenvalue weighted by atomic mass is 16.7. The molecule has 4 heteroatoms. The van der Waals surface area contributed by atoms with Crippen LogP contribution in [0.3, 0.4) is 0 Å². The third-order valence-corrected chi connectivity index (χ3v) is 7.38. The van der Waals surface area contributed by atoms with Gasteiger partial charge in [-0.15, -0.1) is 0 Å². The average molecular weight is 446 g/mol. The number of rotatable bonds is 3. The fourth-order valence-corrected chi connectivity index (χ4v) is 4.74. The molecule has 2 heterocycles. The van der Waals surface area contributed by atoms with Gasteiger partial charge in [0, 0.05) is 16.3 Å². The Morgan fingerprint density at radius 1 is 0.559 bits per heavy atom. The van der Waals surface area contributed by atoms with Crippen molar-refractivity contribution in [3.8, 4) is 22.3 Å². The Morgan fingerprint density at radius 3 is 1.85 bits per heavy atom. The molecule has 0 radical (unpaired) electrons. The van der Waals surface area contributed by atoms with Crippen LogP contribution in [0, 0.1) is 0 Å². The van der Waals surface area contributed by atoms with E-state index < -0.39 is 7.12 Å². The van der Waals surface area contributed by atoms with Crippen LogP contribution in [0.5, 0.6) is 0 Å². The smallest absolute Gasteiger partial charge is 0.455 e. The normalized spacial score (nSPS) is 17.0. The van der Waals surface area contributed by atoms with Crippen LogP contribution in [0.15, 0.2) is 95.4 Å². The molecule has 1 aromatic heterocycles. The lowest BCUT2D eigenvalue weighted by atomic mass is 9.74. The van der Waals surface area contributed by atoms with E-state index in [0.29, 0.717) is 0 Å². The maximum atomic E-state index is 6.35. The van der Waals surface area contributed by atoms with E-state index >= 15 is 0 Å². The van der Waals surface area contributed by atoms with Gasteiger partial charge in [-0.25, -0.2) is 0 Å². The summed E-state index contributed by atoms with van der Waals surface area (Å²) in [5.41, 5.74) is 6.61. The van der Waals surface area contributed by atoms with Crippen LogP contribution in [0.4, 0.5) is 0 Å². The highest BCUT2D eigenvalue weighted by molar-refractivity contribution is 6.63. The van der Waals surface area contributed by atoms with E-state index in [2.05, 4.69) is 100 Å². The van der Waals surface area contributed by atoms with Gasteiger partial charge in [0.05, 0.1) is 11.2 Å².